The number of nitrogens with one attached hydrogen (secondary N) is 1. The summed E-state index contributed by atoms with van der Waals surface area (Å²) in [4.78, 5) is 40.6. The van der Waals surface area contributed by atoms with Gasteiger partial charge in [-0.3, -0.25) is 14.4 Å². The van der Waals surface area contributed by atoms with Gasteiger partial charge in [0.1, 0.15) is 6.04 Å². The van der Waals surface area contributed by atoms with E-state index in [-0.39, 0.29) is 40.8 Å². The van der Waals surface area contributed by atoms with Crippen molar-refractivity contribution in [1.29, 1.82) is 0 Å². The maximum Gasteiger partial charge on any atom is 0.245 e. The molecule has 3 amide bonds. The summed E-state index contributed by atoms with van der Waals surface area (Å²) in [6.45, 7) is 3.29. The highest BCUT2D eigenvalue weighted by Gasteiger charge is 2.59. The summed E-state index contributed by atoms with van der Waals surface area (Å²) in [6, 6.07) is 2.96. The van der Waals surface area contributed by atoms with E-state index in [1.807, 2.05) is 4.90 Å². The Kier molecular flexibility index (Phi) is 5.04. The minimum atomic E-state index is -0.994. The molecule has 0 bridgehead atoms. The zero-order valence-corrected chi connectivity index (χ0v) is 16.4. The summed E-state index contributed by atoms with van der Waals surface area (Å²) in [7, 11) is 0. The van der Waals surface area contributed by atoms with Crippen LogP contribution >= 0.6 is 0 Å². The Hall–Kier alpha value is -2.51. The second-order valence-electron chi connectivity index (χ2n) is 8.43. The number of rotatable bonds is 3. The zero-order valence-electron chi connectivity index (χ0n) is 16.4. The molecule has 1 spiro atoms. The lowest BCUT2D eigenvalue weighted by molar-refractivity contribution is -0.144. The van der Waals surface area contributed by atoms with Gasteiger partial charge in [0.2, 0.25) is 17.7 Å². The number of amides is 3. The molecule has 1 saturated carbocycles. The molecule has 2 saturated heterocycles. The third kappa shape index (κ3) is 3.72. The van der Waals surface area contributed by atoms with E-state index in [0.29, 0.717) is 26.1 Å². The summed E-state index contributed by atoms with van der Waals surface area (Å²) >= 11 is 0. The molecule has 3 aliphatic rings. The van der Waals surface area contributed by atoms with Crippen LogP contribution in [0.1, 0.15) is 39.0 Å². The van der Waals surface area contributed by atoms with Gasteiger partial charge in [0.05, 0.1) is 0 Å². The van der Waals surface area contributed by atoms with Crippen LogP contribution in [0, 0.1) is 23.0 Å². The lowest BCUT2D eigenvalue weighted by atomic mass is 9.90. The number of benzene rings is 1. The predicted octanol–water partition coefficient (Wildman–Crippen LogP) is 2.54. The molecule has 2 heterocycles. The first-order chi connectivity index (χ1) is 13.8. The molecule has 1 aliphatic carbocycles. The molecule has 1 aromatic carbocycles. The van der Waals surface area contributed by atoms with Crippen LogP contribution in [-0.4, -0.2) is 53.2 Å². The zero-order chi connectivity index (χ0) is 20.8. The summed E-state index contributed by atoms with van der Waals surface area (Å²) in [6.07, 6.45) is 3.77. The van der Waals surface area contributed by atoms with Crippen molar-refractivity contribution >= 4 is 23.4 Å². The number of nitrogens with zero attached hydrogens (tertiary/aromatic N) is 2. The Labute approximate surface area is 168 Å². The number of likely N-dealkylation sites (tertiary alicyclic amines) is 2. The monoisotopic (exact) mass is 405 g/mol. The lowest BCUT2D eigenvalue weighted by Crippen LogP contribution is -2.50. The third-order valence-electron chi connectivity index (χ3n) is 6.71. The first-order valence-corrected chi connectivity index (χ1v) is 10.1. The first kappa shape index (κ1) is 19.8. The van der Waals surface area contributed by atoms with Gasteiger partial charge in [0, 0.05) is 44.2 Å². The molecular formula is C21H25F2N3O3. The van der Waals surface area contributed by atoms with Crippen LogP contribution in [-0.2, 0) is 14.4 Å². The Morgan fingerprint density at radius 2 is 1.83 bits per heavy atom. The number of carbonyl (C=O) groups excluding carboxylic acids is 3. The highest BCUT2D eigenvalue weighted by atomic mass is 19.2. The minimum absolute atomic E-state index is 0.0102. The van der Waals surface area contributed by atoms with Gasteiger partial charge in [-0.2, -0.15) is 0 Å². The third-order valence-corrected chi connectivity index (χ3v) is 6.71. The van der Waals surface area contributed by atoms with E-state index in [0.717, 1.165) is 37.8 Å². The van der Waals surface area contributed by atoms with Crippen LogP contribution in [0.5, 0.6) is 0 Å². The van der Waals surface area contributed by atoms with Crippen molar-refractivity contribution in [2.24, 2.45) is 11.3 Å². The Morgan fingerprint density at radius 3 is 2.48 bits per heavy atom. The largest absolute Gasteiger partial charge is 0.341 e. The minimum Gasteiger partial charge on any atom is -0.341 e. The second-order valence-corrected chi connectivity index (χ2v) is 8.43. The Balaban J connectivity index is 1.32. The van der Waals surface area contributed by atoms with Crippen molar-refractivity contribution in [2.75, 3.05) is 25.0 Å². The van der Waals surface area contributed by atoms with Gasteiger partial charge in [-0.25, -0.2) is 8.78 Å². The van der Waals surface area contributed by atoms with Crippen LogP contribution in [0.15, 0.2) is 18.2 Å². The van der Waals surface area contributed by atoms with E-state index in [4.69, 9.17) is 0 Å². The van der Waals surface area contributed by atoms with Crippen molar-refractivity contribution in [3.05, 3.63) is 29.8 Å². The van der Waals surface area contributed by atoms with Gasteiger partial charge in [0.25, 0.3) is 0 Å². The van der Waals surface area contributed by atoms with E-state index >= 15 is 0 Å². The van der Waals surface area contributed by atoms with Gasteiger partial charge in [0.15, 0.2) is 11.6 Å². The van der Waals surface area contributed by atoms with E-state index in [1.165, 1.54) is 13.0 Å². The van der Waals surface area contributed by atoms with Gasteiger partial charge in [-0.1, -0.05) is 0 Å². The number of halogens is 2. The van der Waals surface area contributed by atoms with E-state index < -0.39 is 11.6 Å². The smallest absolute Gasteiger partial charge is 0.245 e. The van der Waals surface area contributed by atoms with Crippen molar-refractivity contribution in [3.63, 3.8) is 0 Å². The topological polar surface area (TPSA) is 69.7 Å². The van der Waals surface area contributed by atoms with E-state index in [9.17, 15) is 23.2 Å². The molecule has 3 fully saturated rings. The molecule has 0 unspecified atom stereocenters. The average Bonchev–Trinajstić information content (AvgIpc) is 3.16. The van der Waals surface area contributed by atoms with Crippen molar-refractivity contribution in [2.45, 2.75) is 45.1 Å². The molecule has 2 aliphatic heterocycles. The van der Waals surface area contributed by atoms with Gasteiger partial charge >= 0.3 is 0 Å². The Bertz CT molecular complexity index is 852. The highest BCUT2D eigenvalue weighted by molar-refractivity contribution is 5.95. The predicted molar refractivity (Wildman–Crippen MR) is 102 cm³/mol. The molecule has 1 aromatic rings. The quantitative estimate of drug-likeness (QED) is 0.840. The normalized spacial score (nSPS) is 25.2. The molecule has 1 N–H and O–H groups in total. The van der Waals surface area contributed by atoms with Crippen LogP contribution in [0.2, 0.25) is 0 Å². The molecule has 8 heteroatoms. The maximum absolute atomic E-state index is 13.3. The molecular weight excluding hydrogens is 380 g/mol. The molecule has 6 nitrogen and oxygen atoms in total. The summed E-state index contributed by atoms with van der Waals surface area (Å²) in [5.74, 6) is -2.36. The molecule has 2 atom stereocenters. The SMILES string of the molecule is CC(=O)N1CCC[C@H]1C(=O)N1CCC2(CC1)C[C@H]2C(=O)Nc1ccc(F)c(F)c1. The van der Waals surface area contributed by atoms with E-state index in [2.05, 4.69) is 5.32 Å². The number of carbonyl (C=O) groups is 3. The fourth-order valence-electron chi connectivity index (χ4n) is 4.86. The molecule has 156 valence electrons. The van der Waals surface area contributed by atoms with Crippen LogP contribution < -0.4 is 5.32 Å². The Morgan fingerprint density at radius 1 is 1.10 bits per heavy atom. The van der Waals surface area contributed by atoms with E-state index in [1.54, 1.807) is 4.90 Å². The second kappa shape index (κ2) is 7.39. The van der Waals surface area contributed by atoms with Crippen molar-refractivity contribution in [3.8, 4) is 0 Å². The maximum atomic E-state index is 13.3. The highest BCUT2D eigenvalue weighted by Crippen LogP contribution is 2.59. The molecule has 4 rings (SSSR count). The number of piperidine rings is 1. The average molecular weight is 405 g/mol. The van der Waals surface area contributed by atoms with Gasteiger partial charge in [-0.05, 0) is 49.7 Å². The lowest BCUT2D eigenvalue weighted by Gasteiger charge is -2.36. The number of hydrogen-bond donors (Lipinski definition) is 1. The molecule has 0 radical (unpaired) electrons. The molecule has 29 heavy (non-hydrogen) atoms. The summed E-state index contributed by atoms with van der Waals surface area (Å²) in [5.41, 5.74) is 0.129. The van der Waals surface area contributed by atoms with Crippen LogP contribution in [0.4, 0.5) is 14.5 Å². The summed E-state index contributed by atoms with van der Waals surface area (Å²) < 4.78 is 26.4. The number of anilines is 1. The van der Waals surface area contributed by atoms with Crippen LogP contribution in [0.25, 0.3) is 0 Å². The standard InChI is InChI=1S/C21H25F2N3O3/c1-13(27)26-8-2-3-18(26)20(29)25-9-6-21(7-10-25)12-15(21)19(28)24-14-4-5-16(22)17(23)11-14/h4-5,11,15,18H,2-3,6-10,12H2,1H3,(H,24,28)/t15-,18-/m0/s1. The summed E-state index contributed by atoms with van der Waals surface area (Å²) in [5, 5.41) is 2.67. The van der Waals surface area contributed by atoms with Gasteiger partial charge < -0.3 is 15.1 Å². The van der Waals surface area contributed by atoms with Gasteiger partial charge in [-0.15, -0.1) is 0 Å². The van der Waals surface area contributed by atoms with Crippen LogP contribution in [0.3, 0.4) is 0 Å². The fraction of sp³-hybridized carbons (Fsp3) is 0.571. The van der Waals surface area contributed by atoms with Crippen molar-refractivity contribution in [1.82, 2.24) is 9.80 Å². The molecule has 0 aromatic heterocycles. The first-order valence-electron chi connectivity index (χ1n) is 10.1. The van der Waals surface area contributed by atoms with Crippen molar-refractivity contribution < 1.29 is 23.2 Å². The fourth-order valence-corrected chi connectivity index (χ4v) is 4.86. The number of hydrogen-bond acceptors (Lipinski definition) is 3.